The highest BCUT2D eigenvalue weighted by Gasteiger charge is 2.40. The molecular weight excluding hydrogens is 254 g/mol. The molecule has 5 heteroatoms. The largest absolute Gasteiger partial charge is 0.384 e. The number of carbonyl (C=O) groups excluding carboxylic acids is 1. The van der Waals surface area contributed by atoms with Gasteiger partial charge < -0.3 is 15.4 Å². The van der Waals surface area contributed by atoms with E-state index in [2.05, 4.69) is 15.6 Å². The van der Waals surface area contributed by atoms with E-state index in [-0.39, 0.29) is 11.9 Å². The first kappa shape index (κ1) is 14.9. The Balaban J connectivity index is 2.05. The predicted molar refractivity (Wildman–Crippen MR) is 77.2 cm³/mol. The molecule has 1 fully saturated rings. The van der Waals surface area contributed by atoms with E-state index in [4.69, 9.17) is 4.74 Å². The quantitative estimate of drug-likeness (QED) is 0.851. The molecule has 20 heavy (non-hydrogen) atoms. The molecular formula is C15H23N3O2. The van der Waals surface area contributed by atoms with E-state index in [1.54, 1.807) is 19.5 Å². The van der Waals surface area contributed by atoms with Crippen LogP contribution in [0.2, 0.25) is 0 Å². The lowest BCUT2D eigenvalue weighted by atomic mass is 9.78. The Bertz CT molecular complexity index is 424. The molecule has 2 rings (SSSR count). The Hall–Kier alpha value is -1.46. The lowest BCUT2D eigenvalue weighted by molar-refractivity contribution is -0.136. The summed E-state index contributed by atoms with van der Waals surface area (Å²) in [4.78, 5) is 16.7. The van der Waals surface area contributed by atoms with Crippen LogP contribution in [0.4, 0.5) is 0 Å². The number of methoxy groups -OCH3 is 1. The molecule has 1 amide bonds. The van der Waals surface area contributed by atoms with Crippen LogP contribution in [-0.4, -0.2) is 37.7 Å². The summed E-state index contributed by atoms with van der Waals surface area (Å²) in [7, 11) is 1.65. The third kappa shape index (κ3) is 3.35. The lowest BCUT2D eigenvalue weighted by Gasteiger charge is -2.36. The highest BCUT2D eigenvalue weighted by Crippen LogP contribution is 2.30. The number of aromatic nitrogens is 1. The molecule has 0 radical (unpaired) electrons. The van der Waals surface area contributed by atoms with Crippen molar-refractivity contribution in [3.63, 3.8) is 0 Å². The molecule has 0 bridgehead atoms. The van der Waals surface area contributed by atoms with Gasteiger partial charge in [0.05, 0.1) is 18.1 Å². The van der Waals surface area contributed by atoms with E-state index in [1.807, 2.05) is 19.1 Å². The smallest absolute Gasteiger partial charge is 0.229 e. The van der Waals surface area contributed by atoms with Gasteiger partial charge in [-0.15, -0.1) is 0 Å². The van der Waals surface area contributed by atoms with Gasteiger partial charge in [-0.2, -0.15) is 0 Å². The molecule has 110 valence electrons. The van der Waals surface area contributed by atoms with Gasteiger partial charge in [0.2, 0.25) is 5.91 Å². The summed E-state index contributed by atoms with van der Waals surface area (Å²) in [6.07, 6.45) is 5.15. The maximum Gasteiger partial charge on any atom is 0.229 e. The standard InChI is InChI=1S/C15H23N3O2/c1-12(13-4-3-7-17-10-13)18-14(19)15(11-20-2)5-8-16-9-6-15/h3-4,7,10,12,16H,5-6,8-9,11H2,1-2H3,(H,18,19). The molecule has 0 aliphatic carbocycles. The molecule has 1 aromatic rings. The van der Waals surface area contributed by atoms with Crippen LogP contribution in [0.1, 0.15) is 31.4 Å². The lowest BCUT2D eigenvalue weighted by Crippen LogP contribution is -2.50. The van der Waals surface area contributed by atoms with Crippen molar-refractivity contribution in [2.75, 3.05) is 26.8 Å². The fourth-order valence-corrected chi connectivity index (χ4v) is 2.68. The van der Waals surface area contributed by atoms with Crippen molar-refractivity contribution < 1.29 is 9.53 Å². The Kier molecular flexibility index (Phi) is 5.09. The number of hydrogen-bond donors (Lipinski definition) is 2. The molecule has 1 atom stereocenters. The van der Waals surface area contributed by atoms with E-state index < -0.39 is 5.41 Å². The zero-order chi connectivity index (χ0) is 14.4. The van der Waals surface area contributed by atoms with Crippen LogP contribution in [0.15, 0.2) is 24.5 Å². The van der Waals surface area contributed by atoms with Crippen molar-refractivity contribution in [3.05, 3.63) is 30.1 Å². The Morgan fingerprint density at radius 1 is 1.55 bits per heavy atom. The van der Waals surface area contributed by atoms with Gasteiger partial charge in [0.25, 0.3) is 0 Å². The first-order valence-electron chi connectivity index (χ1n) is 7.08. The number of amides is 1. The van der Waals surface area contributed by atoms with Crippen molar-refractivity contribution in [2.45, 2.75) is 25.8 Å². The summed E-state index contributed by atoms with van der Waals surface area (Å²) in [5.41, 5.74) is 0.610. The number of rotatable bonds is 5. The van der Waals surface area contributed by atoms with Crippen molar-refractivity contribution in [1.29, 1.82) is 0 Å². The molecule has 1 saturated heterocycles. The van der Waals surface area contributed by atoms with Crippen LogP contribution in [0.5, 0.6) is 0 Å². The van der Waals surface area contributed by atoms with E-state index >= 15 is 0 Å². The number of hydrogen-bond acceptors (Lipinski definition) is 4. The van der Waals surface area contributed by atoms with Crippen molar-refractivity contribution in [2.24, 2.45) is 5.41 Å². The molecule has 1 aromatic heterocycles. The summed E-state index contributed by atoms with van der Waals surface area (Å²) >= 11 is 0. The van der Waals surface area contributed by atoms with Gasteiger partial charge in [-0.25, -0.2) is 0 Å². The second kappa shape index (κ2) is 6.81. The van der Waals surface area contributed by atoms with Crippen molar-refractivity contribution in [3.8, 4) is 0 Å². The van der Waals surface area contributed by atoms with Crippen LogP contribution in [0, 0.1) is 5.41 Å². The second-order valence-electron chi connectivity index (χ2n) is 5.44. The number of ether oxygens (including phenoxy) is 1. The minimum Gasteiger partial charge on any atom is -0.384 e. The third-order valence-corrected chi connectivity index (χ3v) is 3.99. The SMILES string of the molecule is COCC1(C(=O)NC(C)c2cccnc2)CCNCC1. The minimum absolute atomic E-state index is 0.0418. The maximum absolute atomic E-state index is 12.7. The average molecular weight is 277 g/mol. The molecule has 0 spiro atoms. The van der Waals surface area contributed by atoms with Crippen molar-refractivity contribution >= 4 is 5.91 Å². The van der Waals surface area contributed by atoms with Crippen LogP contribution < -0.4 is 10.6 Å². The summed E-state index contributed by atoms with van der Waals surface area (Å²) in [6, 6.07) is 3.82. The number of nitrogens with one attached hydrogen (secondary N) is 2. The van der Waals surface area contributed by atoms with E-state index in [0.29, 0.717) is 6.61 Å². The number of piperidine rings is 1. The van der Waals surface area contributed by atoms with Gasteiger partial charge in [-0.3, -0.25) is 9.78 Å². The number of pyridine rings is 1. The first-order valence-corrected chi connectivity index (χ1v) is 7.08. The van der Waals surface area contributed by atoms with Gasteiger partial charge >= 0.3 is 0 Å². The van der Waals surface area contributed by atoms with E-state index in [0.717, 1.165) is 31.5 Å². The Morgan fingerprint density at radius 3 is 2.90 bits per heavy atom. The normalized spacial score (nSPS) is 19.3. The summed E-state index contributed by atoms with van der Waals surface area (Å²) in [6.45, 7) is 4.17. The highest BCUT2D eigenvalue weighted by molar-refractivity contribution is 5.83. The summed E-state index contributed by atoms with van der Waals surface area (Å²) in [5, 5.41) is 6.40. The summed E-state index contributed by atoms with van der Waals surface area (Å²) < 4.78 is 5.29. The van der Waals surface area contributed by atoms with Gasteiger partial charge in [0, 0.05) is 19.5 Å². The van der Waals surface area contributed by atoms with Crippen molar-refractivity contribution in [1.82, 2.24) is 15.6 Å². The zero-order valence-corrected chi connectivity index (χ0v) is 12.2. The maximum atomic E-state index is 12.7. The highest BCUT2D eigenvalue weighted by atomic mass is 16.5. The molecule has 1 unspecified atom stereocenters. The Morgan fingerprint density at radius 2 is 2.30 bits per heavy atom. The molecule has 1 aliphatic rings. The number of nitrogens with zero attached hydrogens (tertiary/aromatic N) is 1. The van der Waals surface area contributed by atoms with Gasteiger partial charge in [0.1, 0.15) is 0 Å². The van der Waals surface area contributed by atoms with Gasteiger partial charge in [-0.05, 0) is 44.5 Å². The molecule has 2 N–H and O–H groups in total. The molecule has 0 saturated carbocycles. The fourth-order valence-electron chi connectivity index (χ4n) is 2.68. The van der Waals surface area contributed by atoms with Crippen LogP contribution in [-0.2, 0) is 9.53 Å². The molecule has 0 aromatic carbocycles. The topological polar surface area (TPSA) is 63.2 Å². The van der Waals surface area contributed by atoms with E-state index in [1.165, 1.54) is 0 Å². The molecule has 1 aliphatic heterocycles. The number of carbonyl (C=O) groups is 1. The summed E-state index contributed by atoms with van der Waals surface area (Å²) in [5.74, 6) is 0.0807. The predicted octanol–water partition coefficient (Wildman–Crippen LogP) is 1.27. The fraction of sp³-hybridized carbons (Fsp3) is 0.600. The molecule has 5 nitrogen and oxygen atoms in total. The Labute approximate surface area is 120 Å². The van der Waals surface area contributed by atoms with Gasteiger partial charge in [0.15, 0.2) is 0 Å². The zero-order valence-electron chi connectivity index (χ0n) is 12.2. The third-order valence-electron chi connectivity index (χ3n) is 3.99. The van der Waals surface area contributed by atoms with Crippen LogP contribution >= 0.6 is 0 Å². The van der Waals surface area contributed by atoms with Gasteiger partial charge in [-0.1, -0.05) is 6.07 Å². The van der Waals surface area contributed by atoms with Crippen LogP contribution in [0.3, 0.4) is 0 Å². The first-order chi connectivity index (χ1) is 9.68. The molecule has 2 heterocycles. The minimum atomic E-state index is -0.406. The average Bonchev–Trinajstić information content (AvgIpc) is 2.49. The second-order valence-corrected chi connectivity index (χ2v) is 5.44. The monoisotopic (exact) mass is 277 g/mol. The van der Waals surface area contributed by atoms with E-state index in [9.17, 15) is 4.79 Å². The van der Waals surface area contributed by atoms with Crippen LogP contribution in [0.25, 0.3) is 0 Å².